The van der Waals surface area contributed by atoms with Gasteiger partial charge in [0.05, 0.1) is 12.0 Å². The van der Waals surface area contributed by atoms with E-state index in [-0.39, 0.29) is 5.38 Å². The molecule has 0 aliphatic carbocycles. The monoisotopic (exact) mass is 352 g/mol. The molecule has 0 bridgehead atoms. The molecule has 1 atom stereocenters. The summed E-state index contributed by atoms with van der Waals surface area (Å²) in [5.41, 5.74) is 4.49. The lowest BCUT2D eigenvalue weighted by atomic mass is 9.98. The van der Waals surface area contributed by atoms with Gasteiger partial charge in [0.1, 0.15) is 5.75 Å². The average Bonchev–Trinajstić information content (AvgIpc) is 2.40. The smallest absolute Gasteiger partial charge is 0.124 e. The summed E-state index contributed by atoms with van der Waals surface area (Å²) in [5, 5.41) is -0.204. The lowest BCUT2D eigenvalue weighted by Crippen LogP contribution is -2.02. The Balaban J connectivity index is 2.46. The van der Waals surface area contributed by atoms with E-state index in [9.17, 15) is 0 Å². The first-order valence-corrected chi connectivity index (χ1v) is 7.89. The molecule has 0 aliphatic heterocycles. The Morgan fingerprint density at radius 3 is 2.50 bits per heavy atom. The highest BCUT2D eigenvalue weighted by molar-refractivity contribution is 9.10. The van der Waals surface area contributed by atoms with Crippen LogP contribution in [0.2, 0.25) is 0 Å². The second-order valence-electron chi connectivity index (χ2n) is 4.84. The zero-order valence-electron chi connectivity index (χ0n) is 11.9. The van der Waals surface area contributed by atoms with Crippen LogP contribution in [0.15, 0.2) is 40.9 Å². The summed E-state index contributed by atoms with van der Waals surface area (Å²) in [5.74, 6) is 0.861. The maximum Gasteiger partial charge on any atom is 0.124 e. The molecular formula is C17H18BrClO. The molecule has 0 spiro atoms. The number of halogens is 2. The van der Waals surface area contributed by atoms with E-state index >= 15 is 0 Å². The molecule has 0 aromatic heterocycles. The van der Waals surface area contributed by atoms with Crippen LogP contribution in [0, 0.1) is 13.8 Å². The largest absolute Gasteiger partial charge is 0.494 e. The van der Waals surface area contributed by atoms with Crippen molar-refractivity contribution in [1.29, 1.82) is 0 Å². The molecule has 1 unspecified atom stereocenters. The maximum atomic E-state index is 6.71. The van der Waals surface area contributed by atoms with Gasteiger partial charge in [0.15, 0.2) is 0 Å². The molecule has 2 aromatic carbocycles. The molecule has 0 aliphatic rings. The van der Waals surface area contributed by atoms with E-state index in [1.54, 1.807) is 0 Å². The molecule has 0 radical (unpaired) electrons. The Labute approximate surface area is 134 Å². The topological polar surface area (TPSA) is 9.23 Å². The second-order valence-corrected chi connectivity index (χ2v) is 6.19. The van der Waals surface area contributed by atoms with Crippen molar-refractivity contribution in [1.82, 2.24) is 0 Å². The zero-order valence-corrected chi connectivity index (χ0v) is 14.3. The first-order chi connectivity index (χ1) is 9.52. The molecule has 2 aromatic rings. The molecule has 0 N–H and O–H groups in total. The standard InChI is InChI=1S/C17H18BrClO/c1-4-20-16-8-5-11(2)9-15(16)17(19)14-7-6-13(18)10-12(14)3/h5-10,17H,4H2,1-3H3. The average molecular weight is 354 g/mol. The number of rotatable bonds is 4. The van der Waals surface area contributed by atoms with Crippen LogP contribution in [0.5, 0.6) is 5.75 Å². The second kappa shape index (κ2) is 6.64. The number of ether oxygens (including phenoxy) is 1. The van der Waals surface area contributed by atoms with Crippen LogP contribution in [0.3, 0.4) is 0 Å². The van der Waals surface area contributed by atoms with Gasteiger partial charge in [-0.2, -0.15) is 0 Å². The van der Waals surface area contributed by atoms with E-state index in [1.807, 2.05) is 25.1 Å². The Bertz CT molecular complexity index is 610. The molecule has 0 heterocycles. The predicted octanol–water partition coefficient (Wildman–Crippen LogP) is 5.79. The lowest BCUT2D eigenvalue weighted by Gasteiger charge is -2.18. The number of benzene rings is 2. The summed E-state index contributed by atoms with van der Waals surface area (Å²) in [6.45, 7) is 6.76. The van der Waals surface area contributed by atoms with Crippen LogP contribution in [0.25, 0.3) is 0 Å². The first-order valence-electron chi connectivity index (χ1n) is 6.66. The van der Waals surface area contributed by atoms with E-state index in [2.05, 4.69) is 48.0 Å². The van der Waals surface area contributed by atoms with E-state index < -0.39 is 0 Å². The molecule has 3 heteroatoms. The van der Waals surface area contributed by atoms with Gasteiger partial charge in [-0.25, -0.2) is 0 Å². The van der Waals surface area contributed by atoms with Crippen LogP contribution in [-0.2, 0) is 0 Å². The van der Waals surface area contributed by atoms with Crippen molar-refractivity contribution >= 4 is 27.5 Å². The third-order valence-electron chi connectivity index (χ3n) is 3.24. The minimum Gasteiger partial charge on any atom is -0.494 e. The Kier molecular flexibility index (Phi) is 5.11. The van der Waals surface area contributed by atoms with E-state index in [0.29, 0.717) is 6.61 Å². The fourth-order valence-electron chi connectivity index (χ4n) is 2.24. The van der Waals surface area contributed by atoms with Crippen molar-refractivity contribution < 1.29 is 4.74 Å². The van der Waals surface area contributed by atoms with Crippen LogP contribution in [-0.4, -0.2) is 6.61 Å². The normalized spacial score (nSPS) is 12.2. The van der Waals surface area contributed by atoms with Crippen LogP contribution < -0.4 is 4.74 Å². The van der Waals surface area contributed by atoms with Gasteiger partial charge in [-0.15, -0.1) is 11.6 Å². The van der Waals surface area contributed by atoms with E-state index in [0.717, 1.165) is 21.3 Å². The minimum absolute atomic E-state index is 0.204. The summed E-state index contributed by atoms with van der Waals surface area (Å²) in [7, 11) is 0. The highest BCUT2D eigenvalue weighted by Gasteiger charge is 2.18. The fraction of sp³-hybridized carbons (Fsp3) is 0.294. The van der Waals surface area contributed by atoms with Gasteiger partial charge in [-0.1, -0.05) is 39.7 Å². The fourth-order valence-corrected chi connectivity index (χ4v) is 3.13. The Morgan fingerprint density at radius 2 is 1.85 bits per heavy atom. The van der Waals surface area contributed by atoms with Gasteiger partial charge in [-0.05, 0) is 50.1 Å². The lowest BCUT2D eigenvalue weighted by molar-refractivity contribution is 0.337. The van der Waals surface area contributed by atoms with Crippen molar-refractivity contribution in [3.05, 3.63) is 63.1 Å². The number of hydrogen-bond acceptors (Lipinski definition) is 1. The molecular weight excluding hydrogens is 336 g/mol. The summed E-state index contributed by atoms with van der Waals surface area (Å²) >= 11 is 10.2. The number of alkyl halides is 1. The molecule has 0 saturated heterocycles. The van der Waals surface area contributed by atoms with Crippen molar-refractivity contribution in [3.63, 3.8) is 0 Å². The molecule has 0 amide bonds. The molecule has 2 rings (SSSR count). The third kappa shape index (κ3) is 3.36. The molecule has 20 heavy (non-hydrogen) atoms. The van der Waals surface area contributed by atoms with Crippen molar-refractivity contribution in [2.45, 2.75) is 26.1 Å². The highest BCUT2D eigenvalue weighted by atomic mass is 79.9. The van der Waals surface area contributed by atoms with Gasteiger partial charge in [0.2, 0.25) is 0 Å². The van der Waals surface area contributed by atoms with Crippen molar-refractivity contribution in [2.24, 2.45) is 0 Å². The van der Waals surface area contributed by atoms with E-state index in [4.69, 9.17) is 16.3 Å². The first kappa shape index (κ1) is 15.4. The van der Waals surface area contributed by atoms with Crippen LogP contribution in [0.1, 0.15) is 34.6 Å². The maximum absolute atomic E-state index is 6.71. The highest BCUT2D eigenvalue weighted by Crippen LogP contribution is 2.37. The van der Waals surface area contributed by atoms with Gasteiger partial charge in [0, 0.05) is 10.0 Å². The summed E-state index contributed by atoms with van der Waals surface area (Å²) in [6, 6.07) is 12.3. The number of aryl methyl sites for hydroxylation is 2. The SMILES string of the molecule is CCOc1ccc(C)cc1C(Cl)c1ccc(Br)cc1C. The van der Waals surface area contributed by atoms with Crippen LogP contribution >= 0.6 is 27.5 Å². The predicted molar refractivity (Wildman–Crippen MR) is 88.9 cm³/mol. The molecule has 0 fully saturated rings. The van der Waals surface area contributed by atoms with Crippen molar-refractivity contribution in [3.8, 4) is 5.75 Å². The minimum atomic E-state index is -0.204. The molecule has 106 valence electrons. The quantitative estimate of drug-likeness (QED) is 0.632. The van der Waals surface area contributed by atoms with Gasteiger partial charge in [0.25, 0.3) is 0 Å². The van der Waals surface area contributed by atoms with Gasteiger partial charge < -0.3 is 4.74 Å². The molecule has 0 saturated carbocycles. The van der Waals surface area contributed by atoms with Gasteiger partial charge >= 0.3 is 0 Å². The third-order valence-corrected chi connectivity index (χ3v) is 4.21. The Hall–Kier alpha value is -0.990. The Morgan fingerprint density at radius 1 is 1.10 bits per heavy atom. The summed E-state index contributed by atoms with van der Waals surface area (Å²) in [6.07, 6.45) is 0. The van der Waals surface area contributed by atoms with E-state index in [1.165, 1.54) is 11.1 Å². The van der Waals surface area contributed by atoms with Crippen LogP contribution in [0.4, 0.5) is 0 Å². The zero-order chi connectivity index (χ0) is 14.7. The van der Waals surface area contributed by atoms with Gasteiger partial charge in [-0.3, -0.25) is 0 Å². The summed E-state index contributed by atoms with van der Waals surface area (Å²) in [4.78, 5) is 0. The molecule has 1 nitrogen and oxygen atoms in total. The van der Waals surface area contributed by atoms with Crippen molar-refractivity contribution in [2.75, 3.05) is 6.61 Å². The summed E-state index contributed by atoms with van der Waals surface area (Å²) < 4.78 is 6.77. The number of hydrogen-bond donors (Lipinski definition) is 0.